The lowest BCUT2D eigenvalue weighted by Gasteiger charge is -2.38. The summed E-state index contributed by atoms with van der Waals surface area (Å²) in [5.74, 6) is 0.0655. The Morgan fingerprint density at radius 2 is 2.04 bits per heavy atom. The molecule has 2 heterocycles. The molecule has 1 aliphatic rings. The first-order valence-electron chi connectivity index (χ1n) is 9.21. The number of carbonyl (C=O) groups excluding carboxylic acids is 1. The molecule has 0 bridgehead atoms. The van der Waals surface area contributed by atoms with E-state index in [1.165, 1.54) is 0 Å². The Kier molecular flexibility index (Phi) is 5.47. The summed E-state index contributed by atoms with van der Waals surface area (Å²) in [6.45, 7) is 6.00. The standard InChI is InChI=1S/C21H27FN2O2/c1-4-16(14-22)15-24-10-7-17-13-18(5-6-19(17)24)20(25)23-11-8-21(2,26-3)9-12-23/h5-7,10,13-14H,4,8-9,11-12,15H2,1-3H3/b16-14+. The third-order valence-corrected chi connectivity index (χ3v) is 5.60. The van der Waals surface area contributed by atoms with Crippen molar-refractivity contribution in [1.29, 1.82) is 0 Å². The van der Waals surface area contributed by atoms with E-state index in [9.17, 15) is 9.18 Å². The summed E-state index contributed by atoms with van der Waals surface area (Å²) in [6.07, 6.45) is 5.02. The van der Waals surface area contributed by atoms with Crippen LogP contribution < -0.4 is 0 Å². The molecule has 0 unspecified atom stereocenters. The third-order valence-electron chi connectivity index (χ3n) is 5.60. The van der Waals surface area contributed by atoms with Crippen molar-refractivity contribution >= 4 is 16.8 Å². The molecule has 26 heavy (non-hydrogen) atoms. The maximum atomic E-state index is 12.9. The van der Waals surface area contributed by atoms with Crippen LogP contribution in [0.4, 0.5) is 4.39 Å². The highest BCUT2D eigenvalue weighted by Gasteiger charge is 2.32. The van der Waals surface area contributed by atoms with Crippen molar-refractivity contribution in [2.45, 2.75) is 45.3 Å². The third kappa shape index (κ3) is 3.68. The van der Waals surface area contributed by atoms with Gasteiger partial charge >= 0.3 is 0 Å². The lowest BCUT2D eigenvalue weighted by molar-refractivity contribution is -0.0379. The number of amides is 1. The first-order valence-corrected chi connectivity index (χ1v) is 9.21. The van der Waals surface area contributed by atoms with E-state index >= 15 is 0 Å². The van der Waals surface area contributed by atoms with Gasteiger partial charge in [-0.05, 0) is 56.0 Å². The quantitative estimate of drug-likeness (QED) is 0.786. The highest BCUT2D eigenvalue weighted by Crippen LogP contribution is 2.27. The SMILES string of the molecule is CC/C(=C\F)Cn1ccc2cc(C(=O)N3CCC(C)(OC)CC3)ccc21. The van der Waals surface area contributed by atoms with Crippen molar-refractivity contribution in [3.8, 4) is 0 Å². The summed E-state index contributed by atoms with van der Waals surface area (Å²) >= 11 is 0. The maximum Gasteiger partial charge on any atom is 0.253 e. The molecule has 4 nitrogen and oxygen atoms in total. The average molecular weight is 358 g/mol. The molecular formula is C21H27FN2O2. The van der Waals surface area contributed by atoms with E-state index in [-0.39, 0.29) is 11.5 Å². The summed E-state index contributed by atoms with van der Waals surface area (Å²) in [5.41, 5.74) is 2.34. The van der Waals surface area contributed by atoms with Crippen LogP contribution in [0, 0.1) is 0 Å². The largest absolute Gasteiger partial charge is 0.378 e. The number of hydrogen-bond acceptors (Lipinski definition) is 2. The van der Waals surface area contributed by atoms with Gasteiger partial charge in [0.25, 0.3) is 5.91 Å². The van der Waals surface area contributed by atoms with Gasteiger partial charge in [-0.1, -0.05) is 6.92 Å². The van der Waals surface area contributed by atoms with Crippen LogP contribution in [-0.2, 0) is 11.3 Å². The molecule has 1 saturated heterocycles. The number of benzene rings is 1. The molecule has 1 aromatic heterocycles. The fourth-order valence-electron chi connectivity index (χ4n) is 3.48. The number of rotatable bonds is 5. The molecule has 1 aromatic carbocycles. The van der Waals surface area contributed by atoms with Crippen molar-refractivity contribution in [3.05, 3.63) is 47.9 Å². The number of ether oxygens (including phenoxy) is 1. The second kappa shape index (κ2) is 7.62. The van der Waals surface area contributed by atoms with E-state index in [1.54, 1.807) is 7.11 Å². The summed E-state index contributed by atoms with van der Waals surface area (Å²) in [5, 5.41) is 1.00. The zero-order valence-corrected chi connectivity index (χ0v) is 15.8. The first kappa shape index (κ1) is 18.6. The highest BCUT2D eigenvalue weighted by atomic mass is 19.1. The predicted octanol–water partition coefficient (Wildman–Crippen LogP) is 4.55. The smallest absolute Gasteiger partial charge is 0.253 e. The topological polar surface area (TPSA) is 34.5 Å². The number of aromatic nitrogens is 1. The van der Waals surface area contributed by atoms with Gasteiger partial charge in [-0.15, -0.1) is 0 Å². The molecule has 5 heteroatoms. The maximum absolute atomic E-state index is 12.9. The fraction of sp³-hybridized carbons (Fsp3) is 0.476. The normalized spacial score (nSPS) is 17.7. The van der Waals surface area contributed by atoms with Crippen molar-refractivity contribution in [2.75, 3.05) is 20.2 Å². The molecule has 0 aliphatic carbocycles. The number of fused-ring (bicyclic) bond motifs is 1. The van der Waals surface area contributed by atoms with E-state index in [0.29, 0.717) is 37.9 Å². The number of hydrogen-bond donors (Lipinski definition) is 0. The van der Waals surface area contributed by atoms with E-state index in [2.05, 4.69) is 6.92 Å². The second-order valence-corrected chi connectivity index (χ2v) is 7.28. The molecule has 140 valence electrons. The molecule has 1 amide bonds. The molecule has 2 aromatic rings. The second-order valence-electron chi connectivity index (χ2n) is 7.28. The number of nitrogens with zero attached hydrogens (tertiary/aromatic N) is 2. The van der Waals surface area contributed by atoms with Crippen molar-refractivity contribution in [1.82, 2.24) is 9.47 Å². The van der Waals surface area contributed by atoms with Crippen LogP contribution in [0.2, 0.25) is 0 Å². The van der Waals surface area contributed by atoms with Crippen molar-refractivity contribution in [3.63, 3.8) is 0 Å². The van der Waals surface area contributed by atoms with Crippen LogP contribution in [0.3, 0.4) is 0 Å². The van der Waals surface area contributed by atoms with Crippen molar-refractivity contribution in [2.24, 2.45) is 0 Å². The van der Waals surface area contributed by atoms with Crippen LogP contribution in [0.25, 0.3) is 10.9 Å². The molecule has 1 fully saturated rings. The number of halogens is 1. The van der Waals surface area contributed by atoms with Gasteiger partial charge in [0.15, 0.2) is 0 Å². The molecule has 3 rings (SSSR count). The lowest BCUT2D eigenvalue weighted by Crippen LogP contribution is -2.46. The van der Waals surface area contributed by atoms with Crippen LogP contribution >= 0.6 is 0 Å². The number of piperidine rings is 1. The van der Waals surface area contributed by atoms with E-state index in [4.69, 9.17) is 4.74 Å². The van der Waals surface area contributed by atoms with Crippen LogP contribution in [0.5, 0.6) is 0 Å². The van der Waals surface area contributed by atoms with Gasteiger partial charge in [-0.25, -0.2) is 4.39 Å². The van der Waals surface area contributed by atoms with E-state index in [0.717, 1.165) is 29.3 Å². The predicted molar refractivity (Wildman–Crippen MR) is 102 cm³/mol. The Morgan fingerprint density at radius 1 is 1.31 bits per heavy atom. The number of carbonyl (C=O) groups is 1. The Hall–Kier alpha value is -2.14. The van der Waals surface area contributed by atoms with E-state index in [1.807, 2.05) is 46.9 Å². The van der Waals surface area contributed by atoms with Crippen LogP contribution in [0.15, 0.2) is 42.4 Å². The summed E-state index contributed by atoms with van der Waals surface area (Å²) in [6, 6.07) is 7.74. The highest BCUT2D eigenvalue weighted by molar-refractivity contribution is 5.98. The minimum Gasteiger partial charge on any atom is -0.378 e. The molecule has 0 atom stereocenters. The van der Waals surface area contributed by atoms with Gasteiger partial charge in [0, 0.05) is 49.4 Å². The zero-order valence-electron chi connectivity index (χ0n) is 15.8. The molecule has 0 spiro atoms. The fourth-order valence-corrected chi connectivity index (χ4v) is 3.48. The Labute approximate surface area is 154 Å². The average Bonchev–Trinajstić information content (AvgIpc) is 3.08. The van der Waals surface area contributed by atoms with Gasteiger partial charge in [0.1, 0.15) is 0 Å². The minimum atomic E-state index is -0.126. The molecule has 1 aliphatic heterocycles. The first-order chi connectivity index (χ1) is 12.5. The molecule has 0 saturated carbocycles. The zero-order chi connectivity index (χ0) is 18.7. The number of likely N-dealkylation sites (tertiary alicyclic amines) is 1. The van der Waals surface area contributed by atoms with Gasteiger partial charge in [0.2, 0.25) is 0 Å². The molecular weight excluding hydrogens is 331 g/mol. The van der Waals surface area contributed by atoms with Gasteiger partial charge < -0.3 is 14.2 Å². The summed E-state index contributed by atoms with van der Waals surface area (Å²) in [7, 11) is 1.73. The minimum absolute atomic E-state index is 0.0655. The van der Waals surface area contributed by atoms with Gasteiger partial charge in [0.05, 0.1) is 11.9 Å². The monoisotopic (exact) mass is 358 g/mol. The van der Waals surface area contributed by atoms with Gasteiger partial charge in [-0.2, -0.15) is 0 Å². The summed E-state index contributed by atoms with van der Waals surface area (Å²) in [4.78, 5) is 14.7. The Balaban J connectivity index is 1.76. The lowest BCUT2D eigenvalue weighted by atomic mass is 9.93. The Bertz CT molecular complexity index is 817. The van der Waals surface area contributed by atoms with Crippen LogP contribution in [-0.4, -0.2) is 41.2 Å². The number of methoxy groups -OCH3 is 1. The molecule has 0 radical (unpaired) electrons. The Morgan fingerprint density at radius 3 is 2.65 bits per heavy atom. The van der Waals surface area contributed by atoms with Crippen molar-refractivity contribution < 1.29 is 13.9 Å². The number of allylic oxidation sites excluding steroid dienone is 1. The van der Waals surface area contributed by atoms with E-state index < -0.39 is 0 Å². The van der Waals surface area contributed by atoms with Gasteiger partial charge in [-0.3, -0.25) is 4.79 Å². The summed E-state index contributed by atoms with van der Waals surface area (Å²) < 4.78 is 20.4. The molecule has 0 N–H and O–H groups in total. The van der Waals surface area contributed by atoms with Crippen LogP contribution in [0.1, 0.15) is 43.5 Å².